The molecular formula is C18H21N5O2S. The highest BCUT2D eigenvalue weighted by molar-refractivity contribution is 7.09. The minimum atomic E-state index is 0.0186. The van der Waals surface area contributed by atoms with Crippen LogP contribution in [0.5, 0.6) is 0 Å². The fourth-order valence-electron chi connectivity index (χ4n) is 3.34. The Morgan fingerprint density at radius 1 is 1.46 bits per heavy atom. The molecule has 1 amide bonds. The molecule has 0 saturated carbocycles. The number of carbonyl (C=O) groups excluding carboxylic acids is 1. The molecule has 0 bridgehead atoms. The number of nitrogens with zero attached hydrogens (tertiary/aromatic N) is 4. The fraction of sp³-hybridized carbons (Fsp3) is 0.389. The van der Waals surface area contributed by atoms with Crippen molar-refractivity contribution < 1.29 is 9.32 Å². The Hall–Kier alpha value is -2.45. The lowest BCUT2D eigenvalue weighted by Crippen LogP contribution is -2.39. The molecule has 0 unspecified atom stereocenters. The van der Waals surface area contributed by atoms with Gasteiger partial charge in [-0.15, -0.1) is 11.3 Å². The van der Waals surface area contributed by atoms with Crippen LogP contribution in [-0.4, -0.2) is 32.3 Å². The summed E-state index contributed by atoms with van der Waals surface area (Å²) in [5.74, 6) is 0.857. The van der Waals surface area contributed by atoms with E-state index in [4.69, 9.17) is 4.52 Å². The highest BCUT2D eigenvalue weighted by atomic mass is 32.1. The van der Waals surface area contributed by atoms with E-state index in [0.717, 1.165) is 35.1 Å². The summed E-state index contributed by atoms with van der Waals surface area (Å²) in [6, 6.07) is 8.00. The molecule has 0 radical (unpaired) electrons. The zero-order valence-corrected chi connectivity index (χ0v) is 15.4. The van der Waals surface area contributed by atoms with E-state index in [9.17, 15) is 4.79 Å². The second kappa shape index (κ2) is 7.43. The third kappa shape index (κ3) is 3.86. The highest BCUT2D eigenvalue weighted by Gasteiger charge is 2.27. The minimum absolute atomic E-state index is 0.0186. The second-order valence-corrected chi connectivity index (χ2v) is 7.61. The van der Waals surface area contributed by atoms with Gasteiger partial charge in [-0.1, -0.05) is 11.2 Å². The van der Waals surface area contributed by atoms with Crippen LogP contribution in [0.4, 0.5) is 0 Å². The molecule has 7 nitrogen and oxygen atoms in total. The number of carbonyl (C=O) groups is 1. The van der Waals surface area contributed by atoms with Crippen molar-refractivity contribution in [3.05, 3.63) is 57.9 Å². The van der Waals surface area contributed by atoms with Crippen LogP contribution in [0.3, 0.4) is 0 Å². The van der Waals surface area contributed by atoms with Gasteiger partial charge in [-0.25, -0.2) is 0 Å². The van der Waals surface area contributed by atoms with Crippen molar-refractivity contribution in [3.8, 4) is 0 Å². The molecule has 1 atom stereocenters. The van der Waals surface area contributed by atoms with Gasteiger partial charge < -0.3 is 9.84 Å². The summed E-state index contributed by atoms with van der Waals surface area (Å²) in [5, 5.41) is 13.5. The number of aryl methyl sites for hydroxylation is 1. The van der Waals surface area contributed by atoms with Gasteiger partial charge in [0, 0.05) is 36.8 Å². The van der Waals surface area contributed by atoms with Crippen molar-refractivity contribution in [2.75, 3.05) is 6.54 Å². The molecule has 3 aromatic heterocycles. The van der Waals surface area contributed by atoms with Crippen LogP contribution in [-0.2, 0) is 24.4 Å². The van der Waals surface area contributed by atoms with Crippen LogP contribution in [0.25, 0.3) is 0 Å². The zero-order chi connectivity index (χ0) is 17.9. The third-order valence-corrected chi connectivity index (χ3v) is 5.35. The minimum Gasteiger partial charge on any atom is -0.361 e. The molecule has 4 rings (SSSR count). The molecule has 0 fully saturated rings. The quantitative estimate of drug-likeness (QED) is 0.720. The molecule has 1 N–H and O–H groups in total. The number of fused-ring (bicyclic) bond motifs is 1. The van der Waals surface area contributed by atoms with Crippen molar-refractivity contribution in [2.24, 2.45) is 0 Å². The Bertz CT molecular complexity index is 870. The van der Waals surface area contributed by atoms with Gasteiger partial charge in [0.2, 0.25) is 5.91 Å². The molecule has 8 heteroatoms. The van der Waals surface area contributed by atoms with Crippen LogP contribution in [0.15, 0.2) is 40.4 Å². The van der Waals surface area contributed by atoms with Gasteiger partial charge in [-0.2, -0.15) is 5.10 Å². The highest BCUT2D eigenvalue weighted by Crippen LogP contribution is 2.24. The lowest BCUT2D eigenvalue weighted by atomic mass is 10.1. The predicted molar refractivity (Wildman–Crippen MR) is 97.4 cm³/mol. The predicted octanol–water partition coefficient (Wildman–Crippen LogP) is 2.50. The molecule has 4 heterocycles. The molecule has 3 aromatic rings. The van der Waals surface area contributed by atoms with E-state index < -0.39 is 0 Å². The van der Waals surface area contributed by atoms with Crippen molar-refractivity contribution in [1.29, 1.82) is 0 Å². The average molecular weight is 371 g/mol. The van der Waals surface area contributed by atoms with Gasteiger partial charge in [-0.05, 0) is 24.4 Å². The summed E-state index contributed by atoms with van der Waals surface area (Å²) >= 11 is 1.65. The largest absolute Gasteiger partial charge is 0.361 e. The van der Waals surface area contributed by atoms with Gasteiger partial charge in [0.15, 0.2) is 0 Å². The Morgan fingerprint density at radius 2 is 2.38 bits per heavy atom. The van der Waals surface area contributed by atoms with Gasteiger partial charge in [-0.3, -0.25) is 14.4 Å². The lowest BCUT2D eigenvalue weighted by Gasteiger charge is -2.33. The molecule has 1 aliphatic heterocycles. The summed E-state index contributed by atoms with van der Waals surface area (Å²) in [7, 11) is 0. The van der Waals surface area contributed by atoms with Crippen molar-refractivity contribution in [1.82, 2.24) is 25.2 Å². The van der Waals surface area contributed by atoms with Crippen LogP contribution < -0.4 is 5.32 Å². The van der Waals surface area contributed by atoms with E-state index in [1.807, 2.05) is 41.3 Å². The number of hydrogen-bond donors (Lipinski definition) is 1. The van der Waals surface area contributed by atoms with E-state index in [-0.39, 0.29) is 11.9 Å². The number of nitrogens with one attached hydrogen (secondary N) is 1. The first-order valence-electron chi connectivity index (χ1n) is 8.63. The molecule has 0 aliphatic carbocycles. The van der Waals surface area contributed by atoms with Crippen molar-refractivity contribution in [2.45, 2.75) is 39.0 Å². The smallest absolute Gasteiger partial charge is 0.222 e. The van der Waals surface area contributed by atoms with Gasteiger partial charge in [0.1, 0.15) is 5.76 Å². The Balaban J connectivity index is 1.40. The lowest BCUT2D eigenvalue weighted by molar-refractivity contribution is -0.122. The van der Waals surface area contributed by atoms with Gasteiger partial charge >= 0.3 is 0 Å². The topological polar surface area (TPSA) is 76.2 Å². The summed E-state index contributed by atoms with van der Waals surface area (Å²) in [6.45, 7) is 4.72. The molecule has 26 heavy (non-hydrogen) atoms. The van der Waals surface area contributed by atoms with E-state index in [2.05, 4.69) is 20.5 Å². The number of rotatable bonds is 6. The van der Waals surface area contributed by atoms with E-state index >= 15 is 0 Å². The number of thiophene rings is 1. The Morgan fingerprint density at radius 3 is 3.15 bits per heavy atom. The van der Waals surface area contributed by atoms with Crippen LogP contribution in [0, 0.1) is 6.92 Å². The van der Waals surface area contributed by atoms with E-state index in [1.54, 1.807) is 17.5 Å². The van der Waals surface area contributed by atoms with Crippen LogP contribution in [0.1, 0.15) is 34.5 Å². The average Bonchev–Trinajstić information content (AvgIpc) is 3.35. The molecule has 136 valence electrons. The summed E-state index contributed by atoms with van der Waals surface area (Å²) in [5.41, 5.74) is 2.03. The zero-order valence-electron chi connectivity index (χ0n) is 14.6. The number of amides is 1. The fourth-order valence-corrected chi connectivity index (χ4v) is 3.99. The van der Waals surface area contributed by atoms with E-state index in [1.165, 1.54) is 0 Å². The van der Waals surface area contributed by atoms with Crippen molar-refractivity contribution >= 4 is 17.2 Å². The molecule has 0 aromatic carbocycles. The number of hydrogen-bond acceptors (Lipinski definition) is 6. The third-order valence-electron chi connectivity index (χ3n) is 4.48. The Kier molecular flexibility index (Phi) is 4.85. The van der Waals surface area contributed by atoms with Crippen molar-refractivity contribution in [3.63, 3.8) is 0 Å². The number of aromatic nitrogens is 3. The monoisotopic (exact) mass is 371 g/mol. The van der Waals surface area contributed by atoms with Crippen LogP contribution >= 0.6 is 11.3 Å². The van der Waals surface area contributed by atoms with Gasteiger partial charge in [0.25, 0.3) is 0 Å². The van der Waals surface area contributed by atoms with Gasteiger partial charge in [0.05, 0.1) is 30.4 Å². The normalized spacial score (nSPS) is 17.2. The molecule has 0 spiro atoms. The van der Waals surface area contributed by atoms with E-state index in [0.29, 0.717) is 19.5 Å². The SMILES string of the molecule is Cc1cc(CN2Cc3ccnn3[C@@H](CC(=O)NCc3cccs3)C2)no1. The maximum absolute atomic E-state index is 12.4. The summed E-state index contributed by atoms with van der Waals surface area (Å²) in [4.78, 5) is 15.9. The second-order valence-electron chi connectivity index (χ2n) is 6.58. The molecular weight excluding hydrogens is 350 g/mol. The Labute approximate surface area is 155 Å². The van der Waals surface area contributed by atoms with Crippen LogP contribution in [0.2, 0.25) is 0 Å². The maximum atomic E-state index is 12.4. The maximum Gasteiger partial charge on any atom is 0.222 e. The first kappa shape index (κ1) is 17.0. The summed E-state index contributed by atoms with van der Waals surface area (Å²) < 4.78 is 7.14. The first-order chi connectivity index (χ1) is 12.7. The molecule has 1 aliphatic rings. The first-order valence-corrected chi connectivity index (χ1v) is 9.51. The standard InChI is InChI=1S/C18H21N5O2S/c1-13-7-14(21-25-13)10-22-11-15-4-5-20-23(15)16(12-22)8-18(24)19-9-17-3-2-6-26-17/h2-7,16H,8-12H2,1H3,(H,19,24)/t16-/m0/s1. The summed E-state index contributed by atoms with van der Waals surface area (Å²) in [6.07, 6.45) is 2.21. The molecule has 0 saturated heterocycles.